The summed E-state index contributed by atoms with van der Waals surface area (Å²) >= 11 is 0. The molecule has 0 fully saturated rings. The highest BCUT2D eigenvalue weighted by atomic mass is 16.6. The molecule has 0 aromatic rings. The molecule has 3 atom stereocenters. The molecule has 0 saturated carbocycles. The first-order chi connectivity index (χ1) is 9.85. The molecule has 0 aromatic carbocycles. The summed E-state index contributed by atoms with van der Waals surface area (Å²) in [5.41, 5.74) is 4.86. The van der Waals surface area contributed by atoms with Gasteiger partial charge >= 0.3 is 5.97 Å². The molecule has 2 amide bonds. The van der Waals surface area contributed by atoms with E-state index >= 15 is 0 Å². The molecule has 7 heteroatoms. The first-order valence-corrected chi connectivity index (χ1v) is 7.44. The lowest BCUT2D eigenvalue weighted by atomic mass is 10.0. The van der Waals surface area contributed by atoms with Crippen LogP contribution in [-0.4, -0.2) is 41.5 Å². The number of nitrogens with two attached hydrogens (primary N) is 1. The van der Waals surface area contributed by atoms with Crippen LogP contribution in [0.2, 0.25) is 0 Å². The highest BCUT2D eigenvalue weighted by Gasteiger charge is 2.29. The van der Waals surface area contributed by atoms with Crippen molar-refractivity contribution in [2.45, 2.75) is 72.2 Å². The van der Waals surface area contributed by atoms with Crippen molar-refractivity contribution in [1.29, 1.82) is 0 Å². The van der Waals surface area contributed by atoms with Gasteiger partial charge in [0.15, 0.2) is 0 Å². The third-order valence-corrected chi connectivity index (χ3v) is 2.78. The Morgan fingerprint density at radius 3 is 1.82 bits per heavy atom. The number of carbonyl (C=O) groups is 3. The van der Waals surface area contributed by atoms with Gasteiger partial charge in [-0.2, -0.15) is 0 Å². The predicted molar refractivity (Wildman–Crippen MR) is 83.9 cm³/mol. The molecule has 0 aliphatic rings. The second-order valence-electron chi connectivity index (χ2n) is 6.78. The van der Waals surface area contributed by atoms with Gasteiger partial charge in [0.05, 0.1) is 6.04 Å². The van der Waals surface area contributed by atoms with E-state index < -0.39 is 41.5 Å². The van der Waals surface area contributed by atoms with Crippen molar-refractivity contribution in [2.75, 3.05) is 0 Å². The van der Waals surface area contributed by atoms with E-state index in [0.717, 1.165) is 0 Å². The Hall–Kier alpha value is -1.63. The summed E-state index contributed by atoms with van der Waals surface area (Å²) in [5, 5.41) is 5.14. The van der Waals surface area contributed by atoms with Crippen LogP contribution in [-0.2, 0) is 19.1 Å². The zero-order valence-electron chi connectivity index (χ0n) is 14.5. The smallest absolute Gasteiger partial charge is 0.328 e. The van der Waals surface area contributed by atoms with Gasteiger partial charge in [0.1, 0.15) is 17.7 Å². The average Bonchev–Trinajstić information content (AvgIpc) is 2.32. The van der Waals surface area contributed by atoms with Crippen molar-refractivity contribution in [3.63, 3.8) is 0 Å². The summed E-state index contributed by atoms with van der Waals surface area (Å²) in [7, 11) is 0. The van der Waals surface area contributed by atoms with Gasteiger partial charge < -0.3 is 21.1 Å². The van der Waals surface area contributed by atoms with Gasteiger partial charge in [0.25, 0.3) is 0 Å². The standard InChI is InChI=1S/C15H29N3O4/c1-8(2)11(18-12(19)9(3)16)13(20)17-10(4)14(21)22-15(5,6)7/h8-11H,16H2,1-7H3,(H,17,20)(H,18,19)/t9-,10-,11-/m0/s1. The molecule has 0 aromatic heterocycles. The Morgan fingerprint density at radius 1 is 0.955 bits per heavy atom. The molecule has 0 aliphatic heterocycles. The van der Waals surface area contributed by atoms with E-state index in [1.165, 1.54) is 13.8 Å². The summed E-state index contributed by atoms with van der Waals surface area (Å²) < 4.78 is 5.20. The van der Waals surface area contributed by atoms with Crippen LogP contribution < -0.4 is 16.4 Å². The molecule has 4 N–H and O–H groups in total. The van der Waals surface area contributed by atoms with E-state index in [2.05, 4.69) is 10.6 Å². The van der Waals surface area contributed by atoms with E-state index in [9.17, 15) is 14.4 Å². The zero-order chi connectivity index (χ0) is 17.7. The Balaban J connectivity index is 4.76. The van der Waals surface area contributed by atoms with Crippen molar-refractivity contribution in [3.8, 4) is 0 Å². The average molecular weight is 315 g/mol. The summed E-state index contributed by atoms with van der Waals surface area (Å²) in [5.74, 6) is -1.53. The third kappa shape index (κ3) is 7.40. The van der Waals surface area contributed by atoms with Crippen LogP contribution in [0.1, 0.15) is 48.5 Å². The minimum atomic E-state index is -0.805. The molecule has 0 unspecified atom stereocenters. The monoisotopic (exact) mass is 315 g/mol. The highest BCUT2D eigenvalue weighted by molar-refractivity contribution is 5.91. The van der Waals surface area contributed by atoms with Crippen LogP contribution >= 0.6 is 0 Å². The normalized spacial score (nSPS) is 15.7. The zero-order valence-corrected chi connectivity index (χ0v) is 14.5. The Kier molecular flexibility index (Phi) is 7.52. The lowest BCUT2D eigenvalue weighted by Gasteiger charge is -2.26. The largest absolute Gasteiger partial charge is 0.458 e. The summed E-state index contributed by atoms with van der Waals surface area (Å²) in [6, 6.07) is -2.28. The van der Waals surface area contributed by atoms with Crippen LogP contribution in [0.25, 0.3) is 0 Å². The van der Waals surface area contributed by atoms with Crippen LogP contribution in [0.15, 0.2) is 0 Å². The molecule has 0 heterocycles. The van der Waals surface area contributed by atoms with Gasteiger partial charge in [0, 0.05) is 0 Å². The number of amides is 2. The minimum absolute atomic E-state index is 0.145. The van der Waals surface area contributed by atoms with Crippen molar-refractivity contribution in [3.05, 3.63) is 0 Å². The fraction of sp³-hybridized carbons (Fsp3) is 0.800. The van der Waals surface area contributed by atoms with Crippen molar-refractivity contribution < 1.29 is 19.1 Å². The molecule has 0 rings (SSSR count). The maximum atomic E-state index is 12.2. The quantitative estimate of drug-likeness (QED) is 0.611. The summed E-state index contributed by atoms with van der Waals surface area (Å²) in [6.45, 7) is 11.9. The van der Waals surface area contributed by atoms with Gasteiger partial charge in [0.2, 0.25) is 11.8 Å². The molecule has 7 nitrogen and oxygen atoms in total. The highest BCUT2D eigenvalue weighted by Crippen LogP contribution is 2.09. The molecule has 22 heavy (non-hydrogen) atoms. The number of hydrogen-bond donors (Lipinski definition) is 3. The fourth-order valence-corrected chi connectivity index (χ4v) is 1.57. The van der Waals surface area contributed by atoms with Crippen LogP contribution in [0.3, 0.4) is 0 Å². The van der Waals surface area contributed by atoms with E-state index in [-0.39, 0.29) is 5.92 Å². The Labute approximate surface area is 132 Å². The number of esters is 1. The molecular formula is C15H29N3O4. The van der Waals surface area contributed by atoms with E-state index in [4.69, 9.17) is 10.5 Å². The molecule has 0 spiro atoms. The molecule has 0 aliphatic carbocycles. The number of nitrogens with one attached hydrogen (secondary N) is 2. The van der Waals surface area contributed by atoms with Crippen LogP contribution in [0, 0.1) is 5.92 Å². The summed E-state index contributed by atoms with van der Waals surface area (Å²) in [6.07, 6.45) is 0. The van der Waals surface area contributed by atoms with Gasteiger partial charge in [-0.25, -0.2) is 4.79 Å². The molecule has 128 valence electrons. The lowest BCUT2D eigenvalue weighted by Crippen LogP contribution is -2.55. The first kappa shape index (κ1) is 20.4. The van der Waals surface area contributed by atoms with Crippen molar-refractivity contribution in [2.24, 2.45) is 11.7 Å². The number of carbonyl (C=O) groups excluding carboxylic acids is 3. The van der Waals surface area contributed by atoms with Gasteiger partial charge in [-0.05, 0) is 40.5 Å². The van der Waals surface area contributed by atoms with E-state index in [0.29, 0.717) is 0 Å². The number of ether oxygens (including phenoxy) is 1. The van der Waals surface area contributed by atoms with Crippen LogP contribution in [0.5, 0.6) is 0 Å². The molecular weight excluding hydrogens is 286 g/mol. The predicted octanol–water partition coefficient (Wildman–Crippen LogP) is 0.321. The third-order valence-electron chi connectivity index (χ3n) is 2.78. The maximum Gasteiger partial charge on any atom is 0.328 e. The lowest BCUT2D eigenvalue weighted by molar-refractivity contribution is -0.158. The summed E-state index contributed by atoms with van der Waals surface area (Å²) in [4.78, 5) is 35.8. The maximum absolute atomic E-state index is 12.2. The molecule has 0 saturated heterocycles. The molecule has 0 radical (unpaired) electrons. The first-order valence-electron chi connectivity index (χ1n) is 7.44. The topological polar surface area (TPSA) is 111 Å². The second-order valence-corrected chi connectivity index (χ2v) is 6.78. The minimum Gasteiger partial charge on any atom is -0.458 e. The van der Waals surface area contributed by atoms with E-state index in [1.54, 1.807) is 34.6 Å². The second kappa shape index (κ2) is 8.12. The van der Waals surface area contributed by atoms with Gasteiger partial charge in [-0.15, -0.1) is 0 Å². The van der Waals surface area contributed by atoms with E-state index in [1.807, 2.05) is 0 Å². The SMILES string of the molecule is CC(C)[C@H](NC(=O)[C@H](C)N)C(=O)N[C@@H](C)C(=O)OC(C)(C)C. The van der Waals surface area contributed by atoms with Crippen molar-refractivity contribution in [1.82, 2.24) is 10.6 Å². The fourth-order valence-electron chi connectivity index (χ4n) is 1.57. The molecule has 0 bridgehead atoms. The van der Waals surface area contributed by atoms with Crippen LogP contribution in [0.4, 0.5) is 0 Å². The Bertz CT molecular complexity index is 414. The van der Waals surface area contributed by atoms with Crippen molar-refractivity contribution >= 4 is 17.8 Å². The number of hydrogen-bond acceptors (Lipinski definition) is 5. The van der Waals surface area contributed by atoms with Gasteiger partial charge in [-0.1, -0.05) is 13.8 Å². The number of rotatable bonds is 6. The van der Waals surface area contributed by atoms with Gasteiger partial charge in [-0.3, -0.25) is 9.59 Å². The Morgan fingerprint density at radius 2 is 1.45 bits per heavy atom.